The van der Waals surface area contributed by atoms with E-state index in [1.807, 2.05) is 24.5 Å². The summed E-state index contributed by atoms with van der Waals surface area (Å²) in [6.45, 7) is 7.46. The number of aromatic nitrogens is 3. The monoisotopic (exact) mass is 499 g/mol. The standard InChI is InChI=1S/C21H28FN5O.C2HF3O2/c1-15(2)23-20(28)19-25-24-18-6-7-21(14-27(18)19)8-10-26(11-9-21)13-16-4-3-5-17(22)12-16;3-2(4,5)1(6)7/h3-5,12,15H,6-11,13-14H2,1-2H3,(H,23,28);(H,6,7). The number of carbonyl (C=O) groups is 2. The average Bonchev–Trinajstić information content (AvgIpc) is 3.18. The van der Waals surface area contributed by atoms with Gasteiger partial charge in [-0.15, -0.1) is 10.2 Å². The summed E-state index contributed by atoms with van der Waals surface area (Å²) < 4.78 is 47.2. The van der Waals surface area contributed by atoms with Crippen molar-refractivity contribution in [2.45, 2.75) is 64.8 Å². The van der Waals surface area contributed by atoms with E-state index in [2.05, 4.69) is 20.4 Å². The summed E-state index contributed by atoms with van der Waals surface area (Å²) in [5.74, 6) is -1.72. The molecule has 2 aliphatic rings. The summed E-state index contributed by atoms with van der Waals surface area (Å²) in [6.07, 6.45) is -0.979. The molecule has 192 valence electrons. The van der Waals surface area contributed by atoms with Gasteiger partial charge in [-0.05, 0) is 69.3 Å². The van der Waals surface area contributed by atoms with Crippen molar-refractivity contribution in [2.24, 2.45) is 5.41 Å². The second-order valence-corrected chi connectivity index (χ2v) is 9.36. The lowest BCUT2D eigenvalue weighted by Crippen LogP contribution is -2.45. The number of fused-ring (bicyclic) bond motifs is 1. The number of hydrogen-bond donors (Lipinski definition) is 2. The van der Waals surface area contributed by atoms with Gasteiger partial charge in [0.15, 0.2) is 0 Å². The molecule has 0 aliphatic carbocycles. The summed E-state index contributed by atoms with van der Waals surface area (Å²) in [7, 11) is 0. The predicted molar refractivity (Wildman–Crippen MR) is 118 cm³/mol. The van der Waals surface area contributed by atoms with Gasteiger partial charge in [0.2, 0.25) is 5.82 Å². The van der Waals surface area contributed by atoms with E-state index in [-0.39, 0.29) is 23.2 Å². The third-order valence-corrected chi connectivity index (χ3v) is 6.28. The Kier molecular flexibility index (Phi) is 8.14. The van der Waals surface area contributed by atoms with Gasteiger partial charge < -0.3 is 15.0 Å². The molecular formula is C23H29F4N5O3. The van der Waals surface area contributed by atoms with Gasteiger partial charge in [-0.25, -0.2) is 9.18 Å². The molecule has 2 aliphatic heterocycles. The number of aliphatic carboxylic acids is 1. The molecular weight excluding hydrogens is 470 g/mol. The Bertz CT molecular complexity index is 1050. The molecule has 4 rings (SSSR count). The molecule has 1 aromatic heterocycles. The van der Waals surface area contributed by atoms with Crippen molar-refractivity contribution in [3.8, 4) is 0 Å². The van der Waals surface area contributed by atoms with Gasteiger partial charge in [0, 0.05) is 25.6 Å². The number of likely N-dealkylation sites (tertiary alicyclic amines) is 1. The molecule has 2 N–H and O–H groups in total. The number of amides is 1. The van der Waals surface area contributed by atoms with Crippen LogP contribution in [0.3, 0.4) is 0 Å². The molecule has 12 heteroatoms. The molecule has 1 amide bonds. The largest absolute Gasteiger partial charge is 0.490 e. The lowest BCUT2D eigenvalue weighted by atomic mass is 9.73. The molecule has 0 unspecified atom stereocenters. The Hall–Kier alpha value is -3.02. The van der Waals surface area contributed by atoms with Crippen LogP contribution in [0.2, 0.25) is 0 Å². The smallest absolute Gasteiger partial charge is 0.475 e. The van der Waals surface area contributed by atoms with Crippen molar-refractivity contribution < 1.29 is 32.3 Å². The van der Waals surface area contributed by atoms with Crippen molar-refractivity contribution in [2.75, 3.05) is 13.1 Å². The van der Waals surface area contributed by atoms with E-state index in [9.17, 15) is 22.4 Å². The predicted octanol–water partition coefficient (Wildman–Crippen LogP) is 3.42. The minimum Gasteiger partial charge on any atom is -0.475 e. The van der Waals surface area contributed by atoms with E-state index < -0.39 is 12.1 Å². The van der Waals surface area contributed by atoms with Crippen LogP contribution in [0.5, 0.6) is 0 Å². The highest BCUT2D eigenvalue weighted by Crippen LogP contribution is 2.41. The molecule has 2 aromatic rings. The van der Waals surface area contributed by atoms with Crippen LogP contribution in [0.25, 0.3) is 0 Å². The molecule has 1 fully saturated rings. The van der Waals surface area contributed by atoms with Gasteiger partial charge in [0.25, 0.3) is 5.91 Å². The first-order chi connectivity index (χ1) is 16.4. The van der Waals surface area contributed by atoms with Crippen molar-refractivity contribution in [3.63, 3.8) is 0 Å². The van der Waals surface area contributed by atoms with Crippen LogP contribution in [-0.2, 0) is 24.3 Å². The molecule has 1 saturated heterocycles. The Morgan fingerprint density at radius 1 is 1.17 bits per heavy atom. The van der Waals surface area contributed by atoms with Gasteiger partial charge in [-0.1, -0.05) is 12.1 Å². The van der Waals surface area contributed by atoms with Crippen molar-refractivity contribution in [3.05, 3.63) is 47.3 Å². The zero-order valence-electron chi connectivity index (χ0n) is 19.6. The molecule has 0 bridgehead atoms. The normalized spacial score (nSPS) is 17.5. The highest BCUT2D eigenvalue weighted by Gasteiger charge is 2.40. The number of aryl methyl sites for hydroxylation is 1. The van der Waals surface area contributed by atoms with Gasteiger partial charge in [0.1, 0.15) is 11.6 Å². The topological polar surface area (TPSA) is 100 Å². The number of piperidine rings is 1. The first kappa shape index (κ1) is 26.6. The number of alkyl halides is 3. The first-order valence-corrected chi connectivity index (χ1v) is 11.4. The van der Waals surface area contributed by atoms with Crippen molar-refractivity contribution >= 4 is 11.9 Å². The Morgan fingerprint density at radius 3 is 2.40 bits per heavy atom. The lowest BCUT2D eigenvalue weighted by Gasteiger charge is -2.44. The first-order valence-electron chi connectivity index (χ1n) is 11.4. The minimum atomic E-state index is -5.08. The van der Waals surface area contributed by atoms with Gasteiger partial charge in [-0.2, -0.15) is 13.2 Å². The number of hydrogen-bond acceptors (Lipinski definition) is 5. The van der Waals surface area contributed by atoms with Crippen molar-refractivity contribution in [1.29, 1.82) is 0 Å². The van der Waals surface area contributed by atoms with Gasteiger partial charge in [0.05, 0.1) is 0 Å². The van der Waals surface area contributed by atoms with Crippen molar-refractivity contribution in [1.82, 2.24) is 25.0 Å². The summed E-state index contributed by atoms with van der Waals surface area (Å²) in [5.41, 5.74) is 1.22. The molecule has 0 saturated carbocycles. The molecule has 1 spiro atoms. The van der Waals surface area contributed by atoms with Gasteiger partial charge >= 0.3 is 12.1 Å². The number of carboxylic acids is 1. The van der Waals surface area contributed by atoms with Crippen LogP contribution in [0, 0.1) is 11.2 Å². The number of rotatable bonds is 4. The fourth-order valence-electron chi connectivity index (χ4n) is 4.46. The summed E-state index contributed by atoms with van der Waals surface area (Å²) in [5, 5.41) is 18.5. The lowest BCUT2D eigenvalue weighted by molar-refractivity contribution is -0.192. The fraction of sp³-hybridized carbons (Fsp3) is 0.565. The number of benzene rings is 1. The maximum atomic E-state index is 13.4. The van der Waals surface area contributed by atoms with Crippen LogP contribution in [0.4, 0.5) is 17.6 Å². The quantitative estimate of drug-likeness (QED) is 0.626. The maximum absolute atomic E-state index is 13.4. The number of carboxylic acid groups (broad SMARTS) is 1. The number of halogens is 4. The van der Waals surface area contributed by atoms with E-state index in [4.69, 9.17) is 9.90 Å². The number of carbonyl (C=O) groups excluding carboxylic acids is 1. The zero-order chi connectivity index (χ0) is 25.8. The SMILES string of the molecule is CC(C)NC(=O)c1nnc2n1CC1(CC2)CCN(Cc2cccc(F)c2)CC1.O=C(O)C(F)(F)F. The zero-order valence-corrected chi connectivity index (χ0v) is 19.6. The summed E-state index contributed by atoms with van der Waals surface area (Å²) in [4.78, 5) is 23.8. The van der Waals surface area contributed by atoms with E-state index in [0.29, 0.717) is 5.82 Å². The second-order valence-electron chi connectivity index (χ2n) is 9.36. The minimum absolute atomic E-state index is 0.0732. The average molecular weight is 500 g/mol. The Labute approximate surface area is 200 Å². The van der Waals surface area contributed by atoms with E-state index in [1.165, 1.54) is 6.07 Å². The third-order valence-electron chi connectivity index (χ3n) is 6.28. The Morgan fingerprint density at radius 2 is 1.83 bits per heavy atom. The Balaban J connectivity index is 0.000000429. The van der Waals surface area contributed by atoms with E-state index in [0.717, 1.165) is 63.3 Å². The number of nitrogens with zero attached hydrogens (tertiary/aromatic N) is 4. The van der Waals surface area contributed by atoms with Crippen LogP contribution in [0.1, 0.15) is 55.1 Å². The van der Waals surface area contributed by atoms with Crippen LogP contribution in [-0.4, -0.2) is 62.0 Å². The fourth-order valence-corrected chi connectivity index (χ4v) is 4.46. The third kappa shape index (κ3) is 7.00. The molecule has 0 radical (unpaired) electrons. The van der Waals surface area contributed by atoms with Crippen LogP contribution >= 0.6 is 0 Å². The van der Waals surface area contributed by atoms with E-state index in [1.54, 1.807) is 12.1 Å². The summed E-state index contributed by atoms with van der Waals surface area (Å²) in [6, 6.07) is 6.93. The highest BCUT2D eigenvalue weighted by atomic mass is 19.4. The highest BCUT2D eigenvalue weighted by molar-refractivity contribution is 5.90. The second kappa shape index (κ2) is 10.7. The number of nitrogens with one attached hydrogen (secondary N) is 1. The van der Waals surface area contributed by atoms with E-state index >= 15 is 0 Å². The molecule has 8 nitrogen and oxygen atoms in total. The molecule has 0 atom stereocenters. The summed E-state index contributed by atoms with van der Waals surface area (Å²) >= 11 is 0. The molecule has 3 heterocycles. The van der Waals surface area contributed by atoms with Crippen LogP contribution in [0.15, 0.2) is 24.3 Å². The maximum Gasteiger partial charge on any atom is 0.490 e. The van der Waals surface area contributed by atoms with Crippen LogP contribution < -0.4 is 5.32 Å². The molecule has 35 heavy (non-hydrogen) atoms. The molecule has 1 aromatic carbocycles. The van der Waals surface area contributed by atoms with Gasteiger partial charge in [-0.3, -0.25) is 9.69 Å².